The van der Waals surface area contributed by atoms with Gasteiger partial charge >= 0.3 is 0 Å². The van der Waals surface area contributed by atoms with Crippen LogP contribution < -0.4 is 5.56 Å². The van der Waals surface area contributed by atoms with Gasteiger partial charge < -0.3 is 4.57 Å². The molecule has 0 spiro atoms. The molecule has 0 radical (unpaired) electrons. The Kier molecular flexibility index (Phi) is 10.9. The lowest BCUT2D eigenvalue weighted by atomic mass is 10.0. The molecule has 0 aliphatic heterocycles. The third-order valence-electron chi connectivity index (χ3n) is 5.55. The zero-order chi connectivity index (χ0) is 25.0. The Morgan fingerprint density at radius 1 is 1.03 bits per heavy atom. The maximum atomic E-state index is 12.7. The highest BCUT2D eigenvalue weighted by molar-refractivity contribution is 7.99. The molecule has 0 aliphatic carbocycles. The highest BCUT2D eigenvalue weighted by Gasteiger charge is 2.12. The van der Waals surface area contributed by atoms with E-state index in [2.05, 4.69) is 33.4 Å². The lowest BCUT2D eigenvalue weighted by molar-refractivity contribution is 0.0979. The summed E-state index contributed by atoms with van der Waals surface area (Å²) in [5.74, 6) is 1.54. The van der Waals surface area contributed by atoms with Crippen molar-refractivity contribution in [3.8, 4) is 0 Å². The summed E-state index contributed by atoms with van der Waals surface area (Å²) in [6.07, 6.45) is 13.1. The number of aromatic nitrogens is 4. The van der Waals surface area contributed by atoms with Gasteiger partial charge in [-0.1, -0.05) is 56.5 Å². The van der Waals surface area contributed by atoms with Crippen LogP contribution in [0.1, 0.15) is 73.9 Å². The highest BCUT2D eigenvalue weighted by atomic mass is 35.5. The largest absolute Gasteiger partial charge is 0.327 e. The summed E-state index contributed by atoms with van der Waals surface area (Å²) >= 11 is 7.53. The Hall–Kier alpha value is -2.51. The number of hydrogen-bond donors (Lipinski definition) is 0. The molecular weight excluding hydrogens is 480 g/mol. The maximum absolute atomic E-state index is 12.7. The summed E-state index contributed by atoms with van der Waals surface area (Å²) in [5, 5.41) is 1.43. The SMILES string of the molecule is CC(C)Cn1cc(Cc2cncnc2)c(=O)nc1SCCCCCCCC(=O)c1ccc(Cl)cc1. The second-order valence-corrected chi connectivity index (χ2v) is 10.6. The van der Waals surface area contributed by atoms with Gasteiger partial charge in [-0.05, 0) is 48.6 Å². The molecule has 8 heteroatoms. The van der Waals surface area contributed by atoms with Crippen molar-refractivity contribution in [2.24, 2.45) is 5.92 Å². The van der Waals surface area contributed by atoms with E-state index in [0.29, 0.717) is 29.3 Å². The molecule has 0 atom stereocenters. The van der Waals surface area contributed by atoms with Gasteiger partial charge in [0.05, 0.1) is 0 Å². The van der Waals surface area contributed by atoms with Gasteiger partial charge in [-0.3, -0.25) is 9.59 Å². The first-order chi connectivity index (χ1) is 16.9. The fourth-order valence-electron chi connectivity index (χ4n) is 3.78. The first-order valence-corrected chi connectivity index (χ1v) is 13.5. The smallest absolute Gasteiger partial charge is 0.277 e. The molecule has 35 heavy (non-hydrogen) atoms. The van der Waals surface area contributed by atoms with Crippen LogP contribution in [0, 0.1) is 5.92 Å². The second kappa shape index (κ2) is 14.1. The van der Waals surface area contributed by atoms with Crippen LogP contribution in [-0.4, -0.2) is 31.1 Å². The molecule has 0 unspecified atom stereocenters. The van der Waals surface area contributed by atoms with Crippen molar-refractivity contribution < 1.29 is 4.79 Å². The van der Waals surface area contributed by atoms with E-state index < -0.39 is 0 Å². The molecule has 2 heterocycles. The Morgan fingerprint density at radius 3 is 2.43 bits per heavy atom. The van der Waals surface area contributed by atoms with Crippen molar-refractivity contribution in [3.63, 3.8) is 0 Å². The van der Waals surface area contributed by atoms with E-state index >= 15 is 0 Å². The number of ketones is 1. The van der Waals surface area contributed by atoms with Crippen molar-refractivity contribution in [1.82, 2.24) is 19.5 Å². The minimum Gasteiger partial charge on any atom is -0.327 e. The van der Waals surface area contributed by atoms with Crippen molar-refractivity contribution in [3.05, 3.63) is 81.3 Å². The summed E-state index contributed by atoms with van der Waals surface area (Å²) in [6, 6.07) is 7.09. The molecule has 0 saturated heterocycles. The van der Waals surface area contributed by atoms with Crippen LogP contribution in [0.3, 0.4) is 0 Å². The van der Waals surface area contributed by atoms with Crippen LogP contribution >= 0.6 is 23.4 Å². The number of nitrogens with zero attached hydrogens (tertiary/aromatic N) is 4. The topological polar surface area (TPSA) is 77.7 Å². The monoisotopic (exact) mass is 512 g/mol. The standard InChI is InChI=1S/C27H33ClN4O2S/c1-20(2)17-32-18-23(14-21-15-29-19-30-16-21)26(34)31-27(32)35-13-7-5-3-4-6-8-25(33)22-9-11-24(28)12-10-22/h9-12,15-16,18-20H,3-8,13-14,17H2,1-2H3. The highest BCUT2D eigenvalue weighted by Crippen LogP contribution is 2.20. The van der Waals surface area contributed by atoms with Gasteiger partial charge in [0.1, 0.15) is 6.33 Å². The first-order valence-electron chi connectivity index (χ1n) is 12.2. The average Bonchev–Trinajstić information content (AvgIpc) is 2.84. The van der Waals surface area contributed by atoms with Crippen LogP contribution in [0.15, 0.2) is 59.1 Å². The molecule has 2 aromatic heterocycles. The molecule has 0 aliphatic rings. The average molecular weight is 513 g/mol. The molecule has 1 aromatic carbocycles. The number of Topliss-reactive ketones (excluding diaryl/α,β-unsaturated/α-hetero) is 1. The summed E-state index contributed by atoms with van der Waals surface area (Å²) in [7, 11) is 0. The van der Waals surface area contributed by atoms with Gasteiger partial charge in [0.15, 0.2) is 10.9 Å². The second-order valence-electron chi connectivity index (χ2n) is 9.12. The number of halogens is 1. The fourth-order valence-corrected chi connectivity index (χ4v) is 4.88. The van der Waals surface area contributed by atoms with Crippen molar-refractivity contribution in [2.45, 2.75) is 70.5 Å². The zero-order valence-electron chi connectivity index (χ0n) is 20.5. The van der Waals surface area contributed by atoms with Gasteiger partial charge in [0, 0.05) is 59.9 Å². The van der Waals surface area contributed by atoms with Crippen LogP contribution in [0.25, 0.3) is 0 Å². The number of thioether (sulfide) groups is 1. The molecule has 3 rings (SSSR count). The third kappa shape index (κ3) is 9.22. The summed E-state index contributed by atoms with van der Waals surface area (Å²) < 4.78 is 2.11. The molecule has 0 N–H and O–H groups in total. The molecule has 0 saturated carbocycles. The van der Waals surface area contributed by atoms with Gasteiger partial charge in [0.2, 0.25) is 0 Å². The maximum Gasteiger partial charge on any atom is 0.277 e. The zero-order valence-corrected chi connectivity index (χ0v) is 22.0. The molecule has 0 bridgehead atoms. The van der Waals surface area contributed by atoms with Crippen LogP contribution in [0.5, 0.6) is 0 Å². The van der Waals surface area contributed by atoms with Gasteiger partial charge in [-0.2, -0.15) is 4.98 Å². The van der Waals surface area contributed by atoms with Crippen molar-refractivity contribution >= 4 is 29.1 Å². The first kappa shape index (κ1) is 27.1. The predicted molar refractivity (Wildman–Crippen MR) is 142 cm³/mol. The summed E-state index contributed by atoms with van der Waals surface area (Å²) in [5.41, 5.74) is 2.12. The Labute approximate surface area is 216 Å². The van der Waals surface area contributed by atoms with Gasteiger partial charge in [-0.25, -0.2) is 9.97 Å². The minimum atomic E-state index is -0.179. The lowest BCUT2D eigenvalue weighted by Crippen LogP contribution is -2.21. The number of carbonyl (C=O) groups is 1. The van der Waals surface area contributed by atoms with Crippen LogP contribution in [0.2, 0.25) is 5.02 Å². The molecular formula is C27H33ClN4O2S. The Morgan fingerprint density at radius 2 is 1.71 bits per heavy atom. The van der Waals surface area contributed by atoms with Gasteiger partial charge in [-0.15, -0.1) is 0 Å². The van der Waals surface area contributed by atoms with E-state index in [-0.39, 0.29) is 11.3 Å². The Balaban J connectivity index is 1.43. The quantitative estimate of drug-likeness (QED) is 0.110. The van der Waals surface area contributed by atoms with Crippen LogP contribution in [0.4, 0.5) is 0 Å². The normalized spacial score (nSPS) is 11.2. The number of hydrogen-bond acceptors (Lipinski definition) is 6. The predicted octanol–water partition coefficient (Wildman–Crippen LogP) is 6.25. The number of unbranched alkanes of at least 4 members (excludes halogenated alkanes) is 4. The van der Waals surface area contributed by atoms with Crippen molar-refractivity contribution in [2.75, 3.05) is 5.75 Å². The Bertz CT molecular complexity index is 1130. The van der Waals surface area contributed by atoms with E-state index in [0.717, 1.165) is 60.7 Å². The van der Waals surface area contributed by atoms with Crippen molar-refractivity contribution in [1.29, 1.82) is 0 Å². The number of carbonyl (C=O) groups excluding carboxylic acids is 1. The van der Waals surface area contributed by atoms with E-state index in [1.165, 1.54) is 6.33 Å². The summed E-state index contributed by atoms with van der Waals surface area (Å²) in [4.78, 5) is 37.4. The molecule has 0 amide bonds. The van der Waals surface area contributed by atoms with E-state index in [4.69, 9.17) is 11.6 Å². The molecule has 6 nitrogen and oxygen atoms in total. The van der Waals surface area contributed by atoms with Crippen LogP contribution in [-0.2, 0) is 13.0 Å². The van der Waals surface area contributed by atoms with E-state index in [9.17, 15) is 9.59 Å². The number of benzene rings is 1. The third-order valence-corrected chi connectivity index (χ3v) is 6.87. The summed E-state index contributed by atoms with van der Waals surface area (Å²) in [6.45, 7) is 5.14. The lowest BCUT2D eigenvalue weighted by Gasteiger charge is -2.15. The van der Waals surface area contributed by atoms with E-state index in [1.54, 1.807) is 48.4 Å². The minimum absolute atomic E-state index is 0.176. The van der Waals surface area contributed by atoms with Gasteiger partial charge in [0.25, 0.3) is 5.56 Å². The molecule has 0 fully saturated rings. The molecule has 3 aromatic rings. The molecule has 186 valence electrons. The van der Waals surface area contributed by atoms with E-state index in [1.807, 2.05) is 6.20 Å². The number of rotatable bonds is 14. The fraction of sp³-hybridized carbons (Fsp3) is 0.444.